The van der Waals surface area contributed by atoms with Crippen LogP contribution < -0.4 is 10.0 Å². The molecular formula is C11H15ClN4O2S. The third kappa shape index (κ3) is 3.88. The van der Waals surface area contributed by atoms with Gasteiger partial charge in [-0.2, -0.15) is 5.26 Å². The van der Waals surface area contributed by atoms with E-state index in [1.165, 1.54) is 18.3 Å². The molecule has 1 fully saturated rings. The number of halogens is 1. The second kappa shape index (κ2) is 6.82. The Morgan fingerprint density at radius 3 is 2.95 bits per heavy atom. The molecule has 0 spiro atoms. The van der Waals surface area contributed by atoms with Gasteiger partial charge in [-0.05, 0) is 31.5 Å². The van der Waals surface area contributed by atoms with Gasteiger partial charge in [-0.3, -0.25) is 0 Å². The molecule has 8 heteroatoms. The van der Waals surface area contributed by atoms with E-state index in [1.807, 2.05) is 0 Å². The normalized spacial score (nSPS) is 19.2. The highest BCUT2D eigenvalue weighted by Gasteiger charge is 2.24. The molecule has 0 radical (unpaired) electrons. The maximum absolute atomic E-state index is 12.2. The highest BCUT2D eigenvalue weighted by Crippen LogP contribution is 2.13. The average molecular weight is 303 g/mol. The van der Waals surface area contributed by atoms with E-state index in [9.17, 15) is 8.42 Å². The summed E-state index contributed by atoms with van der Waals surface area (Å²) in [5, 5.41) is 12.0. The van der Waals surface area contributed by atoms with Crippen LogP contribution in [0.4, 0.5) is 0 Å². The minimum atomic E-state index is -3.68. The lowest BCUT2D eigenvalue weighted by molar-refractivity contribution is 0.428. The molecule has 0 aromatic carbocycles. The van der Waals surface area contributed by atoms with Gasteiger partial charge >= 0.3 is 0 Å². The number of nitrogens with zero attached hydrogens (tertiary/aromatic N) is 2. The van der Waals surface area contributed by atoms with Crippen LogP contribution in [0.3, 0.4) is 0 Å². The van der Waals surface area contributed by atoms with Crippen LogP contribution in [0.5, 0.6) is 0 Å². The van der Waals surface area contributed by atoms with Crippen molar-refractivity contribution in [2.45, 2.75) is 23.8 Å². The van der Waals surface area contributed by atoms with Crippen molar-refractivity contribution in [1.29, 1.82) is 5.26 Å². The molecule has 104 valence electrons. The van der Waals surface area contributed by atoms with Crippen LogP contribution in [-0.4, -0.2) is 32.5 Å². The fraction of sp³-hybridized carbons (Fsp3) is 0.455. The lowest BCUT2D eigenvalue weighted by Gasteiger charge is -2.23. The molecule has 1 aromatic heterocycles. The fourth-order valence-corrected chi connectivity index (χ4v) is 3.30. The Hall–Kier alpha value is -1.20. The lowest BCUT2D eigenvalue weighted by atomic mass is 10.1. The molecule has 19 heavy (non-hydrogen) atoms. The topological polar surface area (TPSA) is 94.9 Å². The van der Waals surface area contributed by atoms with Crippen molar-refractivity contribution in [2.24, 2.45) is 0 Å². The third-order valence-corrected chi connectivity index (χ3v) is 4.34. The number of rotatable bonds is 3. The molecule has 2 heterocycles. The van der Waals surface area contributed by atoms with Crippen LogP contribution in [0, 0.1) is 11.3 Å². The van der Waals surface area contributed by atoms with Gasteiger partial charge in [0.1, 0.15) is 11.0 Å². The first-order chi connectivity index (χ1) is 8.63. The molecule has 1 saturated heterocycles. The minimum absolute atomic E-state index is 0. The van der Waals surface area contributed by atoms with Crippen molar-refractivity contribution in [3.63, 3.8) is 0 Å². The zero-order chi connectivity index (χ0) is 13.0. The number of hydrogen-bond acceptors (Lipinski definition) is 5. The van der Waals surface area contributed by atoms with Gasteiger partial charge in [0.2, 0.25) is 10.0 Å². The number of hydrogen-bond donors (Lipinski definition) is 2. The molecule has 0 amide bonds. The van der Waals surface area contributed by atoms with E-state index in [1.54, 1.807) is 6.07 Å². The van der Waals surface area contributed by atoms with Gasteiger partial charge < -0.3 is 5.32 Å². The Morgan fingerprint density at radius 2 is 2.32 bits per heavy atom. The van der Waals surface area contributed by atoms with E-state index in [0.717, 1.165) is 19.4 Å². The second-order valence-corrected chi connectivity index (χ2v) is 5.81. The Labute approximate surface area is 118 Å². The SMILES string of the molecule is Cl.N#Cc1ncccc1S(=O)(=O)NC1CCCNC1. The molecule has 0 saturated carbocycles. The molecule has 1 aromatic rings. The maximum Gasteiger partial charge on any atom is 0.243 e. The number of pyridine rings is 1. The molecule has 1 aliphatic heterocycles. The van der Waals surface area contributed by atoms with Gasteiger partial charge in [-0.15, -0.1) is 12.4 Å². The van der Waals surface area contributed by atoms with E-state index < -0.39 is 10.0 Å². The first kappa shape index (κ1) is 15.9. The lowest BCUT2D eigenvalue weighted by Crippen LogP contribution is -2.45. The van der Waals surface area contributed by atoms with E-state index in [2.05, 4.69) is 15.0 Å². The van der Waals surface area contributed by atoms with E-state index in [4.69, 9.17) is 5.26 Å². The maximum atomic E-state index is 12.2. The van der Waals surface area contributed by atoms with Gasteiger partial charge in [0.25, 0.3) is 0 Å². The van der Waals surface area contributed by atoms with Crippen molar-refractivity contribution in [2.75, 3.05) is 13.1 Å². The molecule has 2 N–H and O–H groups in total. The van der Waals surface area contributed by atoms with Crippen LogP contribution >= 0.6 is 12.4 Å². The summed E-state index contributed by atoms with van der Waals surface area (Å²) in [6.07, 6.45) is 3.14. The molecule has 0 bridgehead atoms. The summed E-state index contributed by atoms with van der Waals surface area (Å²) >= 11 is 0. The summed E-state index contributed by atoms with van der Waals surface area (Å²) in [5.41, 5.74) is -0.0752. The number of piperidine rings is 1. The van der Waals surface area contributed by atoms with E-state index in [0.29, 0.717) is 6.54 Å². The fourth-order valence-electron chi connectivity index (χ4n) is 1.93. The Balaban J connectivity index is 0.00000180. The summed E-state index contributed by atoms with van der Waals surface area (Å²) in [6.45, 7) is 1.52. The summed E-state index contributed by atoms with van der Waals surface area (Å²) in [5.74, 6) is 0. The van der Waals surface area contributed by atoms with E-state index in [-0.39, 0.29) is 29.0 Å². The molecular weight excluding hydrogens is 288 g/mol. The van der Waals surface area contributed by atoms with Crippen molar-refractivity contribution in [3.8, 4) is 6.07 Å². The smallest absolute Gasteiger partial charge is 0.243 e. The molecule has 1 unspecified atom stereocenters. The Bertz CT molecular complexity index is 564. The molecule has 6 nitrogen and oxygen atoms in total. The monoisotopic (exact) mass is 302 g/mol. The molecule has 2 rings (SSSR count). The zero-order valence-electron chi connectivity index (χ0n) is 10.2. The van der Waals surface area contributed by atoms with Crippen LogP contribution in [0.25, 0.3) is 0 Å². The van der Waals surface area contributed by atoms with Gasteiger partial charge in [-0.25, -0.2) is 18.1 Å². The Morgan fingerprint density at radius 1 is 1.53 bits per heavy atom. The largest absolute Gasteiger partial charge is 0.315 e. The van der Waals surface area contributed by atoms with Crippen LogP contribution in [0.1, 0.15) is 18.5 Å². The van der Waals surface area contributed by atoms with Gasteiger partial charge in [0.05, 0.1) is 0 Å². The quantitative estimate of drug-likeness (QED) is 0.843. The summed E-state index contributed by atoms with van der Waals surface area (Å²) < 4.78 is 26.9. The van der Waals surface area contributed by atoms with Gasteiger partial charge in [0, 0.05) is 18.8 Å². The molecule has 1 aliphatic rings. The standard InChI is InChI=1S/C11H14N4O2S.ClH/c12-7-10-11(4-2-6-14-10)18(16,17)15-9-3-1-5-13-8-9;/h2,4,6,9,13,15H,1,3,5,8H2;1H. The first-order valence-electron chi connectivity index (χ1n) is 5.71. The Kier molecular flexibility index (Phi) is 5.69. The number of aromatic nitrogens is 1. The van der Waals surface area contributed by atoms with E-state index >= 15 is 0 Å². The van der Waals surface area contributed by atoms with Crippen molar-refractivity contribution in [3.05, 3.63) is 24.0 Å². The summed E-state index contributed by atoms with van der Waals surface area (Å²) in [7, 11) is -3.68. The summed E-state index contributed by atoms with van der Waals surface area (Å²) in [4.78, 5) is 3.70. The highest BCUT2D eigenvalue weighted by molar-refractivity contribution is 7.89. The zero-order valence-corrected chi connectivity index (χ0v) is 11.8. The van der Waals surface area contributed by atoms with Crippen molar-refractivity contribution in [1.82, 2.24) is 15.0 Å². The second-order valence-electron chi connectivity index (χ2n) is 4.13. The number of nitrogens with one attached hydrogen (secondary N) is 2. The highest BCUT2D eigenvalue weighted by atomic mass is 35.5. The van der Waals surface area contributed by atoms with Gasteiger partial charge in [0.15, 0.2) is 5.69 Å². The van der Waals surface area contributed by atoms with Gasteiger partial charge in [-0.1, -0.05) is 0 Å². The van der Waals surface area contributed by atoms with Crippen LogP contribution in [0.15, 0.2) is 23.2 Å². The van der Waals surface area contributed by atoms with Crippen molar-refractivity contribution >= 4 is 22.4 Å². The first-order valence-corrected chi connectivity index (χ1v) is 7.20. The van der Waals surface area contributed by atoms with Crippen molar-refractivity contribution < 1.29 is 8.42 Å². The van der Waals surface area contributed by atoms with Crippen LogP contribution in [0.2, 0.25) is 0 Å². The average Bonchev–Trinajstić information content (AvgIpc) is 2.39. The number of sulfonamides is 1. The molecule has 0 aliphatic carbocycles. The summed E-state index contributed by atoms with van der Waals surface area (Å²) in [6, 6.07) is 4.57. The minimum Gasteiger partial charge on any atom is -0.315 e. The van der Waals surface area contributed by atoms with Crippen LogP contribution in [-0.2, 0) is 10.0 Å². The third-order valence-electron chi connectivity index (χ3n) is 2.78. The molecule has 1 atom stereocenters. The predicted octanol–water partition coefficient (Wildman–Crippen LogP) is 0.405. The predicted molar refractivity (Wildman–Crippen MR) is 72.4 cm³/mol. The number of nitriles is 1.